The van der Waals surface area contributed by atoms with E-state index in [1.165, 1.54) is 11.1 Å². The number of rotatable bonds is 4. The molecule has 0 N–H and O–H groups in total. The molecule has 0 spiro atoms. The molecule has 2 amide bonds. The van der Waals surface area contributed by atoms with E-state index in [9.17, 15) is 9.59 Å². The summed E-state index contributed by atoms with van der Waals surface area (Å²) in [6, 6.07) is 50.6. The first-order chi connectivity index (χ1) is 23.5. The molecule has 6 aromatic rings. The maximum absolute atomic E-state index is 13.0. The van der Waals surface area contributed by atoms with E-state index in [4.69, 9.17) is 0 Å². The van der Waals surface area contributed by atoms with Crippen LogP contribution in [-0.2, 0) is 9.59 Å². The van der Waals surface area contributed by atoms with E-state index in [-0.39, 0.29) is 11.8 Å². The zero-order valence-corrected chi connectivity index (χ0v) is 26.6. The Hall–Kier alpha value is -6.40. The molecule has 0 aromatic heterocycles. The number of nitrogens with zero attached hydrogens (tertiary/aromatic N) is 4. The van der Waals surface area contributed by atoms with Crippen molar-refractivity contribution in [3.63, 3.8) is 0 Å². The molecule has 0 saturated carbocycles. The largest absolute Gasteiger partial charge is 0.282 e. The Morgan fingerprint density at radius 1 is 0.396 bits per heavy atom. The van der Waals surface area contributed by atoms with Gasteiger partial charge in [0, 0.05) is 22.5 Å². The molecule has 2 heterocycles. The molecule has 0 saturated heterocycles. The summed E-state index contributed by atoms with van der Waals surface area (Å²) >= 11 is 0. The van der Waals surface area contributed by atoms with Crippen LogP contribution in [0.15, 0.2) is 168 Å². The van der Waals surface area contributed by atoms with Crippen LogP contribution < -0.4 is 9.80 Å². The van der Waals surface area contributed by atoms with Gasteiger partial charge in [-0.3, -0.25) is 19.4 Å². The van der Waals surface area contributed by atoms with Crippen LogP contribution in [0.5, 0.6) is 0 Å². The van der Waals surface area contributed by atoms with E-state index in [1.807, 2.05) is 172 Å². The maximum Gasteiger partial charge on any atom is 0.282 e. The van der Waals surface area contributed by atoms with Crippen LogP contribution in [0.25, 0.3) is 0 Å². The Morgan fingerprint density at radius 3 is 1.10 bits per heavy atom. The van der Waals surface area contributed by atoms with Gasteiger partial charge in [-0.2, -0.15) is 0 Å². The Labute approximate surface area is 280 Å². The van der Waals surface area contributed by atoms with Crippen molar-refractivity contribution in [2.45, 2.75) is 13.8 Å². The smallest absolute Gasteiger partial charge is 0.275 e. The lowest BCUT2D eigenvalue weighted by molar-refractivity contribution is -0.112. The summed E-state index contributed by atoms with van der Waals surface area (Å²) in [5, 5.41) is 0. The number of carbonyl (C=O) groups excluding carboxylic acids is 2. The topological polar surface area (TPSA) is 65.3 Å². The lowest BCUT2D eigenvalue weighted by atomic mass is 10.1. The van der Waals surface area contributed by atoms with E-state index in [0.29, 0.717) is 11.4 Å². The van der Waals surface area contributed by atoms with E-state index in [0.717, 1.165) is 45.3 Å². The summed E-state index contributed by atoms with van der Waals surface area (Å²) < 4.78 is 0. The molecule has 0 bridgehead atoms. The second-order valence-electron chi connectivity index (χ2n) is 11.6. The molecule has 2 aliphatic heterocycles. The van der Waals surface area contributed by atoms with Crippen molar-refractivity contribution in [3.8, 4) is 0 Å². The molecule has 2 aliphatic rings. The van der Waals surface area contributed by atoms with Gasteiger partial charge in [0.15, 0.2) is 0 Å². The summed E-state index contributed by atoms with van der Waals surface area (Å²) in [7, 11) is 0. The number of aliphatic imine (C=N–C) groups is 2. The van der Waals surface area contributed by atoms with Crippen LogP contribution in [0.4, 0.5) is 34.1 Å². The molecule has 6 nitrogen and oxygen atoms in total. The maximum atomic E-state index is 13.0. The van der Waals surface area contributed by atoms with Gasteiger partial charge in [0.2, 0.25) is 0 Å². The van der Waals surface area contributed by atoms with Crippen molar-refractivity contribution >= 4 is 57.4 Å². The average molecular weight is 625 g/mol. The Bertz CT molecular complexity index is 2010. The molecule has 232 valence electrons. The van der Waals surface area contributed by atoms with Crippen molar-refractivity contribution in [2.75, 3.05) is 9.80 Å². The van der Waals surface area contributed by atoms with Crippen LogP contribution in [0.1, 0.15) is 22.3 Å². The van der Waals surface area contributed by atoms with Crippen LogP contribution in [0, 0.1) is 13.8 Å². The second-order valence-corrected chi connectivity index (χ2v) is 11.6. The highest BCUT2D eigenvalue weighted by molar-refractivity contribution is 6.56. The minimum absolute atomic E-state index is 0.0945. The van der Waals surface area contributed by atoms with Gasteiger partial charge in [0.25, 0.3) is 11.8 Å². The lowest BCUT2D eigenvalue weighted by Crippen LogP contribution is -2.25. The summed E-state index contributed by atoms with van der Waals surface area (Å²) in [6.45, 7) is 4.06. The normalized spacial score (nSPS) is 15.0. The van der Waals surface area contributed by atoms with Gasteiger partial charge in [0.05, 0.1) is 22.7 Å². The number of hydrogen-bond acceptors (Lipinski definition) is 4. The molecule has 0 atom stereocenters. The summed E-state index contributed by atoms with van der Waals surface area (Å²) in [4.78, 5) is 38.8. The van der Waals surface area contributed by atoms with Crippen molar-refractivity contribution in [2.24, 2.45) is 9.98 Å². The zero-order valence-electron chi connectivity index (χ0n) is 26.6. The van der Waals surface area contributed by atoms with Gasteiger partial charge in [-0.25, -0.2) is 9.98 Å². The molecule has 48 heavy (non-hydrogen) atoms. The molecule has 0 fully saturated rings. The first kappa shape index (κ1) is 30.3. The van der Waals surface area contributed by atoms with E-state index < -0.39 is 0 Å². The Balaban J connectivity index is 0.000000152. The standard InChI is InChI=1S/2C21H16N2O/c2*1-15-11-13-16(14-12-15)22-20-18-9-5-6-10-19(18)23(21(20)24)17-7-3-2-4-8-17/h2*2-14H,1H3. The minimum atomic E-state index is -0.0945. The van der Waals surface area contributed by atoms with Crippen LogP contribution in [-0.4, -0.2) is 23.2 Å². The number of benzene rings is 6. The van der Waals surface area contributed by atoms with Gasteiger partial charge in [-0.15, -0.1) is 0 Å². The third-order valence-electron chi connectivity index (χ3n) is 8.19. The zero-order chi connectivity index (χ0) is 33.0. The highest BCUT2D eigenvalue weighted by Crippen LogP contribution is 2.37. The third kappa shape index (κ3) is 5.95. The molecule has 8 rings (SSSR count). The summed E-state index contributed by atoms with van der Waals surface area (Å²) in [5.74, 6) is -0.189. The van der Waals surface area contributed by atoms with Gasteiger partial charge in [-0.05, 0) is 74.5 Å². The van der Waals surface area contributed by atoms with Gasteiger partial charge in [0.1, 0.15) is 11.4 Å². The molecule has 0 radical (unpaired) electrons. The summed E-state index contributed by atoms with van der Waals surface area (Å²) in [6.07, 6.45) is 0. The highest BCUT2D eigenvalue weighted by atomic mass is 16.2. The molecule has 0 unspecified atom stereocenters. The monoisotopic (exact) mass is 624 g/mol. The third-order valence-corrected chi connectivity index (χ3v) is 8.19. The average Bonchev–Trinajstić information content (AvgIpc) is 3.57. The fraction of sp³-hybridized carbons (Fsp3) is 0.0476. The first-order valence-electron chi connectivity index (χ1n) is 15.8. The van der Waals surface area contributed by atoms with Gasteiger partial charge in [-0.1, -0.05) is 108 Å². The molecule has 6 heteroatoms. The molecule has 0 aliphatic carbocycles. The lowest BCUT2D eigenvalue weighted by Gasteiger charge is -2.16. The van der Waals surface area contributed by atoms with E-state index >= 15 is 0 Å². The molecular formula is C42H32N4O2. The first-order valence-corrected chi connectivity index (χ1v) is 15.8. The Morgan fingerprint density at radius 2 is 0.729 bits per heavy atom. The quantitative estimate of drug-likeness (QED) is 0.196. The predicted octanol–water partition coefficient (Wildman–Crippen LogP) is 9.59. The van der Waals surface area contributed by atoms with Gasteiger partial charge < -0.3 is 0 Å². The van der Waals surface area contributed by atoms with Crippen molar-refractivity contribution in [1.82, 2.24) is 0 Å². The van der Waals surface area contributed by atoms with Crippen LogP contribution in [0.2, 0.25) is 0 Å². The second kappa shape index (κ2) is 13.1. The number of amides is 2. The van der Waals surface area contributed by atoms with Crippen LogP contribution >= 0.6 is 0 Å². The predicted molar refractivity (Wildman–Crippen MR) is 195 cm³/mol. The van der Waals surface area contributed by atoms with Crippen molar-refractivity contribution < 1.29 is 9.59 Å². The number of fused-ring (bicyclic) bond motifs is 2. The highest BCUT2D eigenvalue weighted by Gasteiger charge is 2.35. The fourth-order valence-corrected chi connectivity index (χ4v) is 5.78. The number of anilines is 4. The van der Waals surface area contributed by atoms with Crippen molar-refractivity contribution in [1.29, 1.82) is 0 Å². The number of carbonyl (C=O) groups is 2. The molecular weight excluding hydrogens is 592 g/mol. The fourth-order valence-electron chi connectivity index (χ4n) is 5.78. The Kier molecular flexibility index (Phi) is 8.29. The SMILES string of the molecule is Cc1ccc(N=C2C(=O)N(c3ccccc3)c3ccccc32)cc1.Cc1ccc(N=C2C(=O)N(c3ccccc3)c3ccccc32)cc1. The number of aryl methyl sites for hydroxylation is 2. The summed E-state index contributed by atoms with van der Waals surface area (Å²) in [5.41, 5.74) is 10.1. The number of hydrogen-bond donors (Lipinski definition) is 0. The van der Waals surface area contributed by atoms with Crippen LogP contribution in [0.3, 0.4) is 0 Å². The minimum Gasteiger partial charge on any atom is -0.275 e. The van der Waals surface area contributed by atoms with E-state index in [1.54, 1.807) is 9.80 Å². The van der Waals surface area contributed by atoms with Gasteiger partial charge >= 0.3 is 0 Å². The number of para-hydroxylation sites is 4. The van der Waals surface area contributed by atoms with E-state index in [2.05, 4.69) is 9.98 Å². The molecule has 6 aromatic carbocycles. The van der Waals surface area contributed by atoms with Crippen molar-refractivity contribution in [3.05, 3.63) is 180 Å².